The van der Waals surface area contributed by atoms with Gasteiger partial charge >= 0.3 is 0 Å². The summed E-state index contributed by atoms with van der Waals surface area (Å²) in [6.45, 7) is 4.55. The third kappa shape index (κ3) is 4.93. The van der Waals surface area contributed by atoms with Crippen LogP contribution in [0.1, 0.15) is 19.8 Å². The maximum absolute atomic E-state index is 13.3. The van der Waals surface area contributed by atoms with Crippen LogP contribution in [0.25, 0.3) is 0 Å². The molecule has 0 unspecified atom stereocenters. The Labute approximate surface area is 184 Å². The summed E-state index contributed by atoms with van der Waals surface area (Å²) < 4.78 is 34.2. The van der Waals surface area contributed by atoms with Gasteiger partial charge in [-0.2, -0.15) is 4.31 Å². The number of carbonyl (C=O) groups excluding carboxylic acids is 1. The van der Waals surface area contributed by atoms with Crippen molar-refractivity contribution >= 4 is 15.9 Å². The molecule has 2 saturated heterocycles. The zero-order chi connectivity index (χ0) is 21.8. The van der Waals surface area contributed by atoms with Gasteiger partial charge in [-0.15, -0.1) is 0 Å². The minimum Gasteiger partial charge on any atom is -0.493 e. The van der Waals surface area contributed by atoms with Crippen LogP contribution in [0.3, 0.4) is 0 Å². The van der Waals surface area contributed by atoms with Crippen molar-refractivity contribution in [3.05, 3.63) is 60.7 Å². The Morgan fingerprint density at radius 3 is 2.19 bits per heavy atom. The zero-order valence-corrected chi connectivity index (χ0v) is 18.7. The molecule has 0 aliphatic carbocycles. The molecule has 2 aromatic carbocycles. The van der Waals surface area contributed by atoms with Gasteiger partial charge in [0.15, 0.2) is 0 Å². The highest BCUT2D eigenvalue weighted by Gasteiger charge is 2.43. The molecular formula is C24H30N2O4S. The van der Waals surface area contributed by atoms with E-state index in [9.17, 15) is 13.2 Å². The minimum absolute atomic E-state index is 0.113. The standard InChI is InChI=1S/C24H30N2O4S/c1-19(27)25-14-12-20(13-15-25)24-17-26(31(28,29)23-10-6-3-7-11-23)16-21(24)18-30-22-8-4-2-5-9-22/h2-11,20-21,24H,12-18H2,1H3/t21-,24-/m0/s1. The maximum Gasteiger partial charge on any atom is 0.243 e. The van der Waals surface area contributed by atoms with Gasteiger partial charge < -0.3 is 9.64 Å². The van der Waals surface area contributed by atoms with E-state index >= 15 is 0 Å². The van der Waals surface area contributed by atoms with Crippen LogP contribution in [-0.2, 0) is 14.8 Å². The number of ether oxygens (including phenoxy) is 1. The molecule has 0 saturated carbocycles. The van der Waals surface area contributed by atoms with Crippen molar-refractivity contribution < 1.29 is 17.9 Å². The van der Waals surface area contributed by atoms with Crippen LogP contribution < -0.4 is 4.74 Å². The number of amides is 1. The molecule has 4 rings (SSSR count). The fraction of sp³-hybridized carbons (Fsp3) is 0.458. The van der Waals surface area contributed by atoms with E-state index in [-0.39, 0.29) is 17.7 Å². The maximum atomic E-state index is 13.3. The number of para-hydroxylation sites is 1. The highest BCUT2D eigenvalue weighted by atomic mass is 32.2. The third-order valence-electron chi connectivity index (χ3n) is 6.64. The van der Waals surface area contributed by atoms with E-state index in [0.717, 1.165) is 31.7 Å². The fourth-order valence-electron chi connectivity index (χ4n) is 4.87. The lowest BCUT2D eigenvalue weighted by Crippen LogP contribution is -2.40. The smallest absolute Gasteiger partial charge is 0.243 e. The molecule has 2 aliphatic rings. The first-order valence-corrected chi connectivity index (χ1v) is 12.4. The molecule has 2 aromatic rings. The molecule has 0 spiro atoms. The summed E-state index contributed by atoms with van der Waals surface area (Å²) in [4.78, 5) is 13.9. The van der Waals surface area contributed by atoms with Crippen LogP contribution in [0.2, 0.25) is 0 Å². The summed E-state index contributed by atoms with van der Waals surface area (Å²) in [7, 11) is -3.54. The lowest BCUT2D eigenvalue weighted by molar-refractivity contribution is -0.130. The van der Waals surface area contributed by atoms with Gasteiger partial charge in [0.05, 0.1) is 11.5 Å². The van der Waals surface area contributed by atoms with Crippen LogP contribution in [0.4, 0.5) is 0 Å². The van der Waals surface area contributed by atoms with E-state index in [2.05, 4.69) is 0 Å². The summed E-state index contributed by atoms with van der Waals surface area (Å²) in [6, 6.07) is 18.3. The second-order valence-electron chi connectivity index (χ2n) is 8.53. The largest absolute Gasteiger partial charge is 0.493 e. The van der Waals surface area contributed by atoms with Gasteiger partial charge in [-0.1, -0.05) is 36.4 Å². The van der Waals surface area contributed by atoms with Gasteiger partial charge in [0.25, 0.3) is 0 Å². The lowest BCUT2D eigenvalue weighted by atomic mass is 9.79. The number of piperidine rings is 1. The number of hydrogen-bond donors (Lipinski definition) is 0. The monoisotopic (exact) mass is 442 g/mol. The van der Waals surface area contributed by atoms with Gasteiger partial charge in [-0.25, -0.2) is 8.42 Å². The number of rotatable bonds is 6. The van der Waals surface area contributed by atoms with Crippen molar-refractivity contribution in [1.29, 1.82) is 0 Å². The minimum atomic E-state index is -3.54. The van der Waals surface area contributed by atoms with E-state index in [1.54, 1.807) is 35.5 Å². The summed E-state index contributed by atoms with van der Waals surface area (Å²) in [6.07, 6.45) is 1.82. The van der Waals surface area contributed by atoms with E-state index in [1.165, 1.54) is 0 Å². The molecule has 2 atom stereocenters. The molecule has 31 heavy (non-hydrogen) atoms. The van der Waals surface area contributed by atoms with Crippen molar-refractivity contribution in [2.24, 2.45) is 17.8 Å². The van der Waals surface area contributed by atoms with Gasteiger partial charge in [0.2, 0.25) is 15.9 Å². The van der Waals surface area contributed by atoms with Crippen LogP contribution in [0.5, 0.6) is 5.75 Å². The molecule has 2 heterocycles. The first-order chi connectivity index (χ1) is 14.9. The van der Waals surface area contributed by atoms with Gasteiger partial charge in [0, 0.05) is 39.0 Å². The number of carbonyl (C=O) groups is 1. The number of hydrogen-bond acceptors (Lipinski definition) is 4. The van der Waals surface area contributed by atoms with Gasteiger partial charge in [0.1, 0.15) is 5.75 Å². The molecule has 0 aromatic heterocycles. The van der Waals surface area contributed by atoms with Crippen molar-refractivity contribution in [3.63, 3.8) is 0 Å². The summed E-state index contributed by atoms with van der Waals surface area (Å²) in [5, 5.41) is 0. The Bertz CT molecular complexity index is 973. The number of likely N-dealkylation sites (tertiary alicyclic amines) is 1. The average molecular weight is 443 g/mol. The van der Waals surface area contributed by atoms with Crippen LogP contribution in [-0.4, -0.2) is 56.3 Å². The molecule has 166 valence electrons. The Balaban J connectivity index is 1.51. The molecule has 0 radical (unpaired) electrons. The highest BCUT2D eigenvalue weighted by Crippen LogP contribution is 2.38. The summed E-state index contributed by atoms with van der Waals surface area (Å²) in [5.41, 5.74) is 0. The van der Waals surface area contributed by atoms with E-state index < -0.39 is 10.0 Å². The topological polar surface area (TPSA) is 66.9 Å². The Morgan fingerprint density at radius 2 is 1.58 bits per heavy atom. The number of nitrogens with zero attached hydrogens (tertiary/aromatic N) is 2. The molecule has 6 nitrogen and oxygen atoms in total. The second-order valence-corrected chi connectivity index (χ2v) is 10.5. The highest BCUT2D eigenvalue weighted by molar-refractivity contribution is 7.89. The predicted molar refractivity (Wildman–Crippen MR) is 119 cm³/mol. The average Bonchev–Trinajstić information content (AvgIpc) is 3.24. The Kier molecular flexibility index (Phi) is 6.62. The lowest BCUT2D eigenvalue weighted by Gasteiger charge is -2.36. The zero-order valence-electron chi connectivity index (χ0n) is 17.9. The molecule has 0 N–H and O–H groups in total. The van der Waals surface area contributed by atoms with Crippen LogP contribution >= 0.6 is 0 Å². The summed E-state index contributed by atoms with van der Waals surface area (Å²) in [5.74, 6) is 1.64. The SMILES string of the molecule is CC(=O)N1CCC([C@@H]2CN(S(=O)(=O)c3ccccc3)C[C@H]2COc2ccccc2)CC1. The van der Waals surface area contributed by atoms with Crippen molar-refractivity contribution in [1.82, 2.24) is 9.21 Å². The van der Waals surface area contributed by atoms with Gasteiger partial charge in [-0.05, 0) is 48.9 Å². The van der Waals surface area contributed by atoms with Crippen LogP contribution in [0.15, 0.2) is 65.6 Å². The molecule has 7 heteroatoms. The van der Waals surface area contributed by atoms with Crippen molar-refractivity contribution in [3.8, 4) is 5.75 Å². The van der Waals surface area contributed by atoms with E-state index in [1.807, 2.05) is 41.3 Å². The third-order valence-corrected chi connectivity index (χ3v) is 8.48. The first-order valence-electron chi connectivity index (χ1n) is 10.9. The van der Waals surface area contributed by atoms with Crippen molar-refractivity contribution in [2.45, 2.75) is 24.7 Å². The van der Waals surface area contributed by atoms with Gasteiger partial charge in [-0.3, -0.25) is 4.79 Å². The molecule has 2 aliphatic heterocycles. The Morgan fingerprint density at radius 1 is 0.968 bits per heavy atom. The Hall–Kier alpha value is -2.38. The molecule has 2 fully saturated rings. The first kappa shape index (κ1) is 21.8. The van der Waals surface area contributed by atoms with E-state index in [0.29, 0.717) is 30.5 Å². The number of benzene rings is 2. The molecular weight excluding hydrogens is 412 g/mol. The van der Waals surface area contributed by atoms with Crippen LogP contribution in [0, 0.1) is 17.8 Å². The molecule has 1 amide bonds. The fourth-order valence-corrected chi connectivity index (χ4v) is 6.42. The quantitative estimate of drug-likeness (QED) is 0.689. The predicted octanol–water partition coefficient (Wildman–Crippen LogP) is 3.26. The normalized spacial score (nSPS) is 23.1. The second kappa shape index (κ2) is 9.40. The van der Waals surface area contributed by atoms with E-state index in [4.69, 9.17) is 4.74 Å². The summed E-state index contributed by atoms with van der Waals surface area (Å²) >= 11 is 0. The number of sulfonamides is 1. The van der Waals surface area contributed by atoms with Crippen molar-refractivity contribution in [2.75, 3.05) is 32.8 Å². The molecule has 0 bridgehead atoms.